The van der Waals surface area contributed by atoms with Crippen molar-refractivity contribution in [2.75, 3.05) is 18.4 Å². The van der Waals surface area contributed by atoms with Crippen molar-refractivity contribution in [3.63, 3.8) is 0 Å². The van der Waals surface area contributed by atoms with E-state index in [0.29, 0.717) is 17.8 Å². The molecule has 0 aromatic heterocycles. The molecule has 0 atom stereocenters. The minimum atomic E-state index is -0.366. The summed E-state index contributed by atoms with van der Waals surface area (Å²) in [5.41, 5.74) is 2.96. The second-order valence-electron chi connectivity index (χ2n) is 5.98. The quantitative estimate of drug-likeness (QED) is 0.712. The lowest BCUT2D eigenvalue weighted by atomic mass is 10.1. The Labute approximate surface area is 153 Å². The number of amides is 3. The smallest absolute Gasteiger partial charge is 0.251 e. The number of hydrogen-bond donors (Lipinski definition) is 3. The van der Waals surface area contributed by atoms with Gasteiger partial charge in [-0.05, 0) is 36.6 Å². The molecule has 2 rings (SSSR count). The van der Waals surface area contributed by atoms with Gasteiger partial charge in [0.25, 0.3) is 5.91 Å². The molecular formula is C20H23N3O3. The molecule has 0 spiro atoms. The first-order chi connectivity index (χ1) is 12.5. The van der Waals surface area contributed by atoms with Crippen molar-refractivity contribution in [2.45, 2.75) is 20.3 Å². The molecule has 0 aliphatic rings. The third-order valence-corrected chi connectivity index (χ3v) is 3.80. The number of carbonyl (C=O) groups is 3. The lowest BCUT2D eigenvalue weighted by Gasteiger charge is -2.10. The minimum absolute atomic E-state index is 0.100. The van der Waals surface area contributed by atoms with E-state index in [1.54, 1.807) is 18.2 Å². The lowest BCUT2D eigenvalue weighted by Crippen LogP contribution is -2.37. The van der Waals surface area contributed by atoms with Gasteiger partial charge in [-0.15, -0.1) is 0 Å². The van der Waals surface area contributed by atoms with Gasteiger partial charge >= 0.3 is 0 Å². The number of carbonyl (C=O) groups excluding carboxylic acids is 3. The third kappa shape index (κ3) is 6.05. The molecule has 0 saturated carbocycles. The van der Waals surface area contributed by atoms with Gasteiger partial charge in [-0.2, -0.15) is 0 Å². The number of anilines is 1. The fourth-order valence-electron chi connectivity index (χ4n) is 2.40. The summed E-state index contributed by atoms with van der Waals surface area (Å²) in [5, 5.41) is 8.04. The van der Waals surface area contributed by atoms with E-state index in [-0.39, 0.29) is 24.3 Å². The van der Waals surface area contributed by atoms with Crippen LogP contribution in [0.15, 0.2) is 48.5 Å². The van der Waals surface area contributed by atoms with Gasteiger partial charge in [0.1, 0.15) is 0 Å². The molecule has 0 radical (unpaired) electrons. The standard InChI is InChI=1S/C20H23N3O3/c1-14-8-9-17(12-18(14)23-15(2)24)20(26)22-13-19(25)21-11-10-16-6-4-3-5-7-16/h3-9,12H,10-11,13H2,1-2H3,(H,21,25)(H,22,26)(H,23,24). The topological polar surface area (TPSA) is 87.3 Å². The number of aryl methyl sites for hydroxylation is 1. The summed E-state index contributed by atoms with van der Waals surface area (Å²) < 4.78 is 0. The molecule has 3 amide bonds. The second kappa shape index (κ2) is 9.36. The molecule has 26 heavy (non-hydrogen) atoms. The zero-order chi connectivity index (χ0) is 18.9. The highest BCUT2D eigenvalue weighted by Gasteiger charge is 2.10. The van der Waals surface area contributed by atoms with Gasteiger partial charge in [-0.25, -0.2) is 0 Å². The minimum Gasteiger partial charge on any atom is -0.354 e. The number of hydrogen-bond acceptors (Lipinski definition) is 3. The summed E-state index contributed by atoms with van der Waals surface area (Å²) in [7, 11) is 0. The van der Waals surface area contributed by atoms with Gasteiger partial charge in [0.2, 0.25) is 11.8 Å². The predicted octanol–water partition coefficient (Wildman–Crippen LogP) is 2.04. The highest BCUT2D eigenvalue weighted by atomic mass is 16.2. The van der Waals surface area contributed by atoms with Crippen LogP contribution in [0.25, 0.3) is 0 Å². The molecule has 3 N–H and O–H groups in total. The molecule has 2 aromatic rings. The van der Waals surface area contributed by atoms with E-state index < -0.39 is 0 Å². The molecular weight excluding hydrogens is 330 g/mol. The fraction of sp³-hybridized carbons (Fsp3) is 0.250. The maximum atomic E-state index is 12.2. The van der Waals surface area contributed by atoms with Crippen LogP contribution in [0.2, 0.25) is 0 Å². The Hall–Kier alpha value is -3.15. The third-order valence-electron chi connectivity index (χ3n) is 3.80. The molecule has 2 aromatic carbocycles. The van der Waals surface area contributed by atoms with Gasteiger partial charge < -0.3 is 16.0 Å². The average Bonchev–Trinajstić information content (AvgIpc) is 2.62. The van der Waals surface area contributed by atoms with Gasteiger partial charge in [0, 0.05) is 24.7 Å². The molecule has 0 bridgehead atoms. The Balaban J connectivity index is 1.80. The van der Waals surface area contributed by atoms with Gasteiger partial charge in [0.15, 0.2) is 0 Å². The molecule has 6 nitrogen and oxygen atoms in total. The van der Waals surface area contributed by atoms with Crippen molar-refractivity contribution in [1.82, 2.24) is 10.6 Å². The number of benzene rings is 2. The first kappa shape index (κ1) is 19.2. The predicted molar refractivity (Wildman–Crippen MR) is 101 cm³/mol. The van der Waals surface area contributed by atoms with E-state index in [2.05, 4.69) is 16.0 Å². The van der Waals surface area contributed by atoms with E-state index in [9.17, 15) is 14.4 Å². The summed E-state index contributed by atoms with van der Waals surface area (Å²) in [4.78, 5) is 35.2. The first-order valence-electron chi connectivity index (χ1n) is 8.43. The van der Waals surface area contributed by atoms with E-state index in [4.69, 9.17) is 0 Å². The molecule has 6 heteroatoms. The number of rotatable bonds is 7. The molecule has 0 aliphatic heterocycles. The van der Waals surface area contributed by atoms with E-state index >= 15 is 0 Å². The van der Waals surface area contributed by atoms with Crippen LogP contribution in [0.5, 0.6) is 0 Å². The summed E-state index contributed by atoms with van der Waals surface area (Å²) in [6.45, 7) is 3.66. The van der Waals surface area contributed by atoms with Crippen LogP contribution in [0, 0.1) is 6.92 Å². The maximum Gasteiger partial charge on any atom is 0.251 e. The Morgan fingerprint density at radius 1 is 0.962 bits per heavy atom. The second-order valence-corrected chi connectivity index (χ2v) is 5.98. The zero-order valence-electron chi connectivity index (χ0n) is 15.0. The largest absolute Gasteiger partial charge is 0.354 e. The van der Waals surface area contributed by atoms with Crippen molar-refractivity contribution in [2.24, 2.45) is 0 Å². The normalized spacial score (nSPS) is 10.1. The van der Waals surface area contributed by atoms with Crippen molar-refractivity contribution in [3.8, 4) is 0 Å². The molecule has 0 unspecified atom stereocenters. The number of nitrogens with one attached hydrogen (secondary N) is 3. The highest BCUT2D eigenvalue weighted by molar-refractivity contribution is 5.98. The van der Waals surface area contributed by atoms with Crippen molar-refractivity contribution >= 4 is 23.4 Å². The van der Waals surface area contributed by atoms with Crippen LogP contribution < -0.4 is 16.0 Å². The van der Waals surface area contributed by atoms with Crippen molar-refractivity contribution in [1.29, 1.82) is 0 Å². The average molecular weight is 353 g/mol. The van der Waals surface area contributed by atoms with Gasteiger partial charge in [0.05, 0.1) is 6.54 Å². The van der Waals surface area contributed by atoms with Crippen LogP contribution in [0.4, 0.5) is 5.69 Å². The lowest BCUT2D eigenvalue weighted by molar-refractivity contribution is -0.120. The zero-order valence-corrected chi connectivity index (χ0v) is 15.0. The van der Waals surface area contributed by atoms with Gasteiger partial charge in [-0.1, -0.05) is 36.4 Å². The molecule has 0 aliphatic carbocycles. The molecule has 0 fully saturated rings. The summed E-state index contributed by atoms with van der Waals surface area (Å²) >= 11 is 0. The maximum absolute atomic E-state index is 12.2. The molecule has 0 heterocycles. The molecule has 0 saturated heterocycles. The Kier molecular flexibility index (Phi) is 6.91. The summed E-state index contributed by atoms with van der Waals surface area (Å²) in [6.07, 6.45) is 0.735. The fourth-order valence-corrected chi connectivity index (χ4v) is 2.40. The first-order valence-corrected chi connectivity index (χ1v) is 8.43. The van der Waals surface area contributed by atoms with Gasteiger partial charge in [-0.3, -0.25) is 14.4 Å². The van der Waals surface area contributed by atoms with E-state index in [0.717, 1.165) is 17.5 Å². The monoisotopic (exact) mass is 353 g/mol. The van der Waals surface area contributed by atoms with Crippen molar-refractivity contribution < 1.29 is 14.4 Å². The van der Waals surface area contributed by atoms with Crippen molar-refractivity contribution in [3.05, 3.63) is 65.2 Å². The van der Waals surface area contributed by atoms with E-state index in [1.165, 1.54) is 6.92 Å². The van der Waals surface area contributed by atoms with E-state index in [1.807, 2.05) is 37.3 Å². The van der Waals surface area contributed by atoms with Crippen LogP contribution in [0.1, 0.15) is 28.4 Å². The Morgan fingerprint density at radius 3 is 2.38 bits per heavy atom. The van der Waals surface area contributed by atoms with Crippen LogP contribution >= 0.6 is 0 Å². The Morgan fingerprint density at radius 2 is 1.69 bits per heavy atom. The SMILES string of the molecule is CC(=O)Nc1cc(C(=O)NCC(=O)NCCc2ccccc2)ccc1C. The summed E-state index contributed by atoms with van der Waals surface area (Å²) in [6, 6.07) is 14.8. The van der Waals surface area contributed by atoms with Crippen LogP contribution in [-0.4, -0.2) is 30.8 Å². The highest BCUT2D eigenvalue weighted by Crippen LogP contribution is 2.16. The molecule has 136 valence electrons. The van der Waals surface area contributed by atoms with Crippen LogP contribution in [0.3, 0.4) is 0 Å². The summed E-state index contributed by atoms with van der Waals surface area (Å²) in [5.74, 6) is -0.818. The van der Waals surface area contributed by atoms with Crippen LogP contribution in [-0.2, 0) is 16.0 Å². The Bertz CT molecular complexity index is 788.